The summed E-state index contributed by atoms with van der Waals surface area (Å²) < 4.78 is 26.9. The van der Waals surface area contributed by atoms with Gasteiger partial charge in [-0.3, -0.25) is 0 Å². The minimum Gasteiger partial charge on any atom is -0.212 e. The quantitative estimate of drug-likeness (QED) is 0.812. The third-order valence-electron chi connectivity index (χ3n) is 4.11. The van der Waals surface area contributed by atoms with Crippen molar-refractivity contribution in [3.05, 3.63) is 35.9 Å². The Kier molecular flexibility index (Phi) is 6.08. The van der Waals surface area contributed by atoms with Gasteiger partial charge in [-0.15, -0.1) is 11.6 Å². The van der Waals surface area contributed by atoms with Crippen LogP contribution in [0.5, 0.6) is 0 Å². The van der Waals surface area contributed by atoms with Crippen LogP contribution >= 0.6 is 11.6 Å². The van der Waals surface area contributed by atoms with Gasteiger partial charge in [-0.05, 0) is 43.1 Å². The first-order valence-electron chi connectivity index (χ1n) is 7.61. The summed E-state index contributed by atoms with van der Waals surface area (Å²) in [4.78, 5) is 0. The first kappa shape index (κ1) is 16.8. The van der Waals surface area contributed by atoms with Gasteiger partial charge in [0.05, 0.1) is 5.75 Å². The van der Waals surface area contributed by atoms with E-state index >= 15 is 0 Å². The smallest absolute Gasteiger partial charge is 0.212 e. The Hall–Kier alpha value is -0.580. The Morgan fingerprint density at radius 2 is 1.81 bits per heavy atom. The largest absolute Gasteiger partial charge is 0.212 e. The Balaban J connectivity index is 1.84. The van der Waals surface area contributed by atoms with Gasteiger partial charge in [0.15, 0.2) is 0 Å². The van der Waals surface area contributed by atoms with Crippen LogP contribution in [0.15, 0.2) is 30.3 Å². The number of nitrogens with one attached hydrogen (secondary N) is 1. The maximum atomic E-state index is 12.0. The molecule has 1 atom stereocenters. The van der Waals surface area contributed by atoms with E-state index < -0.39 is 10.0 Å². The van der Waals surface area contributed by atoms with Gasteiger partial charge in [0.2, 0.25) is 10.0 Å². The van der Waals surface area contributed by atoms with Gasteiger partial charge in [0.25, 0.3) is 0 Å². The molecule has 1 aromatic rings. The second kappa shape index (κ2) is 7.61. The van der Waals surface area contributed by atoms with Crippen molar-refractivity contribution < 1.29 is 8.42 Å². The molecule has 0 spiro atoms. The highest BCUT2D eigenvalue weighted by molar-refractivity contribution is 7.89. The standard InChI is InChI=1S/C16H24ClNO2S/c1-13(11-17)12-21(19,20)18-16-9-7-15(8-10-16)14-5-3-2-4-6-14/h2-6,13,15-16,18H,7-12H2,1H3. The van der Waals surface area contributed by atoms with Gasteiger partial charge in [-0.2, -0.15) is 0 Å². The second-order valence-corrected chi connectivity index (χ2v) is 8.23. The summed E-state index contributed by atoms with van der Waals surface area (Å²) in [6, 6.07) is 10.6. The van der Waals surface area contributed by atoms with Crippen LogP contribution in [0.1, 0.15) is 44.1 Å². The van der Waals surface area contributed by atoms with Gasteiger partial charge in [-0.25, -0.2) is 13.1 Å². The number of benzene rings is 1. The van der Waals surface area contributed by atoms with Crippen molar-refractivity contribution >= 4 is 21.6 Å². The summed E-state index contributed by atoms with van der Waals surface area (Å²) in [6.45, 7) is 1.86. The number of hydrogen-bond donors (Lipinski definition) is 1. The molecule has 0 radical (unpaired) electrons. The molecular weight excluding hydrogens is 306 g/mol. The molecule has 2 rings (SSSR count). The summed E-state index contributed by atoms with van der Waals surface area (Å²) in [7, 11) is -3.21. The highest BCUT2D eigenvalue weighted by Gasteiger charge is 2.26. The van der Waals surface area contributed by atoms with Gasteiger partial charge in [0.1, 0.15) is 0 Å². The van der Waals surface area contributed by atoms with E-state index in [0.29, 0.717) is 11.8 Å². The second-order valence-electron chi connectivity index (χ2n) is 6.12. The number of alkyl halides is 1. The Labute approximate surface area is 133 Å². The van der Waals surface area contributed by atoms with E-state index in [1.807, 2.05) is 13.0 Å². The van der Waals surface area contributed by atoms with Crippen LogP contribution in [-0.4, -0.2) is 26.1 Å². The molecule has 1 aromatic carbocycles. The van der Waals surface area contributed by atoms with Crippen molar-refractivity contribution in [3.63, 3.8) is 0 Å². The maximum absolute atomic E-state index is 12.0. The molecular formula is C16H24ClNO2S. The Bertz CT molecular complexity index is 524. The van der Waals surface area contributed by atoms with Gasteiger partial charge in [-0.1, -0.05) is 37.3 Å². The van der Waals surface area contributed by atoms with Crippen LogP contribution in [0.2, 0.25) is 0 Å². The van der Waals surface area contributed by atoms with Gasteiger partial charge >= 0.3 is 0 Å². The molecule has 0 saturated heterocycles. The molecule has 1 unspecified atom stereocenters. The van der Waals surface area contributed by atoms with Crippen LogP contribution in [-0.2, 0) is 10.0 Å². The van der Waals surface area contributed by atoms with E-state index in [2.05, 4.69) is 29.0 Å². The average molecular weight is 330 g/mol. The lowest BCUT2D eigenvalue weighted by Crippen LogP contribution is -2.39. The molecule has 1 fully saturated rings. The molecule has 21 heavy (non-hydrogen) atoms. The molecule has 0 aliphatic heterocycles. The average Bonchev–Trinajstić information content (AvgIpc) is 2.48. The molecule has 1 aliphatic rings. The van der Waals surface area contributed by atoms with Crippen molar-refractivity contribution in [3.8, 4) is 0 Å². The molecule has 1 saturated carbocycles. The molecule has 118 valence electrons. The summed E-state index contributed by atoms with van der Waals surface area (Å²) >= 11 is 5.70. The summed E-state index contributed by atoms with van der Waals surface area (Å²) in [5.41, 5.74) is 1.37. The first-order valence-corrected chi connectivity index (χ1v) is 9.80. The topological polar surface area (TPSA) is 46.2 Å². The van der Waals surface area contributed by atoms with E-state index in [-0.39, 0.29) is 17.7 Å². The van der Waals surface area contributed by atoms with Gasteiger partial charge < -0.3 is 0 Å². The fraction of sp³-hybridized carbons (Fsp3) is 0.625. The molecule has 0 aromatic heterocycles. The lowest BCUT2D eigenvalue weighted by Gasteiger charge is -2.29. The fourth-order valence-corrected chi connectivity index (χ4v) is 4.94. The van der Waals surface area contributed by atoms with Crippen LogP contribution in [0, 0.1) is 5.92 Å². The van der Waals surface area contributed by atoms with Crippen molar-refractivity contribution in [1.29, 1.82) is 0 Å². The third-order valence-corrected chi connectivity index (χ3v) is 6.34. The van der Waals surface area contributed by atoms with E-state index in [4.69, 9.17) is 11.6 Å². The number of rotatable bonds is 6. The monoisotopic (exact) mass is 329 g/mol. The van der Waals surface area contributed by atoms with Crippen LogP contribution in [0.25, 0.3) is 0 Å². The van der Waals surface area contributed by atoms with Gasteiger partial charge in [0, 0.05) is 11.9 Å². The lowest BCUT2D eigenvalue weighted by atomic mass is 9.82. The van der Waals surface area contributed by atoms with Crippen molar-refractivity contribution in [2.24, 2.45) is 5.92 Å². The minimum atomic E-state index is -3.21. The van der Waals surface area contributed by atoms with E-state index in [9.17, 15) is 8.42 Å². The lowest BCUT2D eigenvalue weighted by molar-refractivity contribution is 0.373. The predicted molar refractivity (Wildman–Crippen MR) is 88.2 cm³/mol. The fourth-order valence-electron chi connectivity index (χ4n) is 2.99. The molecule has 3 nitrogen and oxygen atoms in total. The van der Waals surface area contributed by atoms with Crippen LogP contribution in [0.3, 0.4) is 0 Å². The van der Waals surface area contributed by atoms with Crippen LogP contribution < -0.4 is 4.72 Å². The van der Waals surface area contributed by atoms with Crippen LogP contribution in [0.4, 0.5) is 0 Å². The molecule has 0 heterocycles. The minimum absolute atomic E-state index is 0.00942. The van der Waals surface area contributed by atoms with Crippen molar-refractivity contribution in [1.82, 2.24) is 4.72 Å². The normalized spacial score (nSPS) is 24.7. The van der Waals surface area contributed by atoms with E-state index in [1.165, 1.54) is 5.56 Å². The summed E-state index contributed by atoms with van der Waals surface area (Å²) in [6.07, 6.45) is 3.91. The number of sulfonamides is 1. The molecule has 0 bridgehead atoms. The van der Waals surface area contributed by atoms with Crippen molar-refractivity contribution in [2.45, 2.75) is 44.6 Å². The predicted octanol–water partition coefficient (Wildman–Crippen LogP) is 3.51. The highest BCUT2D eigenvalue weighted by Crippen LogP contribution is 2.32. The van der Waals surface area contributed by atoms with E-state index in [0.717, 1.165) is 25.7 Å². The molecule has 0 amide bonds. The zero-order valence-corrected chi connectivity index (χ0v) is 14.0. The SMILES string of the molecule is CC(CCl)CS(=O)(=O)NC1CCC(c2ccccc2)CC1. The number of hydrogen-bond acceptors (Lipinski definition) is 2. The Morgan fingerprint density at radius 1 is 1.19 bits per heavy atom. The first-order chi connectivity index (χ1) is 10.00. The molecule has 1 aliphatic carbocycles. The highest BCUT2D eigenvalue weighted by atomic mass is 35.5. The summed E-state index contributed by atoms with van der Waals surface area (Å²) in [5, 5.41) is 0. The Morgan fingerprint density at radius 3 is 2.38 bits per heavy atom. The molecule has 1 N–H and O–H groups in total. The summed E-state index contributed by atoms with van der Waals surface area (Å²) in [5.74, 6) is 1.05. The maximum Gasteiger partial charge on any atom is 0.212 e. The third kappa shape index (κ3) is 5.28. The zero-order valence-electron chi connectivity index (χ0n) is 12.5. The van der Waals surface area contributed by atoms with E-state index in [1.54, 1.807) is 0 Å². The van der Waals surface area contributed by atoms with Crippen molar-refractivity contribution in [2.75, 3.05) is 11.6 Å². The number of halogens is 1. The molecule has 5 heteroatoms. The zero-order chi connectivity index (χ0) is 15.3.